The van der Waals surface area contributed by atoms with E-state index in [9.17, 15) is 4.79 Å². The van der Waals surface area contributed by atoms with Crippen LogP contribution in [-0.2, 0) is 6.42 Å². The van der Waals surface area contributed by atoms with E-state index in [1.165, 1.54) is 5.56 Å². The number of hydrogen-bond donors (Lipinski definition) is 2. The van der Waals surface area contributed by atoms with Crippen molar-refractivity contribution < 1.29 is 4.79 Å². The van der Waals surface area contributed by atoms with E-state index < -0.39 is 0 Å². The molecule has 106 valence electrons. The Morgan fingerprint density at radius 1 is 1.10 bits per heavy atom. The second-order valence-corrected chi connectivity index (χ2v) is 5.83. The molecule has 0 aliphatic heterocycles. The maximum atomic E-state index is 12.1. The molecule has 21 heavy (non-hydrogen) atoms. The van der Waals surface area contributed by atoms with Crippen LogP contribution in [0.2, 0.25) is 0 Å². The second kappa shape index (κ2) is 6.14. The van der Waals surface area contributed by atoms with Crippen molar-refractivity contribution in [2.45, 2.75) is 6.42 Å². The van der Waals surface area contributed by atoms with E-state index >= 15 is 0 Å². The van der Waals surface area contributed by atoms with E-state index in [4.69, 9.17) is 0 Å². The maximum absolute atomic E-state index is 12.1. The highest BCUT2D eigenvalue weighted by Gasteiger charge is 2.06. The van der Waals surface area contributed by atoms with Gasteiger partial charge in [-0.25, -0.2) is 0 Å². The van der Waals surface area contributed by atoms with Crippen LogP contribution in [0.15, 0.2) is 59.2 Å². The molecule has 0 unspecified atom stereocenters. The SMILES string of the molecule is O=C(NCCc1ccc(Br)cc1)c1ccc2[nH]ccc2c1. The highest BCUT2D eigenvalue weighted by Crippen LogP contribution is 2.14. The number of amides is 1. The van der Waals surface area contributed by atoms with Gasteiger partial charge in [0.05, 0.1) is 0 Å². The van der Waals surface area contributed by atoms with E-state index in [2.05, 4.69) is 38.4 Å². The van der Waals surface area contributed by atoms with Gasteiger partial charge in [0.1, 0.15) is 0 Å². The zero-order valence-electron chi connectivity index (χ0n) is 11.4. The first-order chi connectivity index (χ1) is 10.2. The third-order valence-corrected chi connectivity index (χ3v) is 3.96. The number of nitrogens with one attached hydrogen (secondary N) is 2. The third kappa shape index (κ3) is 3.34. The molecule has 0 bridgehead atoms. The number of rotatable bonds is 4. The average Bonchev–Trinajstić information content (AvgIpc) is 2.96. The number of fused-ring (bicyclic) bond motifs is 1. The normalized spacial score (nSPS) is 10.7. The molecule has 0 aliphatic carbocycles. The summed E-state index contributed by atoms with van der Waals surface area (Å²) in [5, 5.41) is 4.01. The monoisotopic (exact) mass is 342 g/mol. The van der Waals surface area contributed by atoms with Gasteiger partial charge >= 0.3 is 0 Å². The number of carbonyl (C=O) groups is 1. The highest BCUT2D eigenvalue weighted by atomic mass is 79.9. The van der Waals surface area contributed by atoms with Gasteiger partial charge in [0.2, 0.25) is 0 Å². The highest BCUT2D eigenvalue weighted by molar-refractivity contribution is 9.10. The van der Waals surface area contributed by atoms with Crippen molar-refractivity contribution in [3.63, 3.8) is 0 Å². The Kier molecular flexibility index (Phi) is 4.06. The third-order valence-electron chi connectivity index (χ3n) is 3.43. The summed E-state index contributed by atoms with van der Waals surface area (Å²) in [5.74, 6) is -0.0322. The van der Waals surface area contributed by atoms with Gasteiger partial charge in [0.15, 0.2) is 0 Å². The molecule has 0 spiro atoms. The number of H-pyrrole nitrogens is 1. The Morgan fingerprint density at radius 3 is 2.71 bits per heavy atom. The van der Waals surface area contributed by atoms with Crippen molar-refractivity contribution in [2.24, 2.45) is 0 Å². The Morgan fingerprint density at radius 2 is 1.90 bits per heavy atom. The molecule has 0 radical (unpaired) electrons. The van der Waals surface area contributed by atoms with Crippen molar-refractivity contribution in [3.8, 4) is 0 Å². The van der Waals surface area contributed by atoms with Crippen LogP contribution < -0.4 is 5.32 Å². The summed E-state index contributed by atoms with van der Waals surface area (Å²) < 4.78 is 1.06. The largest absolute Gasteiger partial charge is 0.361 e. The minimum atomic E-state index is -0.0322. The standard InChI is InChI=1S/C17H15BrN2O/c18-15-4-1-12(2-5-15)7-9-20-17(21)14-3-6-16-13(11-14)8-10-19-16/h1-6,8,10-11,19H,7,9H2,(H,20,21). The Hall–Kier alpha value is -2.07. The van der Waals surface area contributed by atoms with Crippen molar-refractivity contribution in [3.05, 3.63) is 70.3 Å². The van der Waals surface area contributed by atoms with Crippen LogP contribution in [0, 0.1) is 0 Å². The summed E-state index contributed by atoms with van der Waals surface area (Å²) in [6.45, 7) is 0.631. The zero-order valence-corrected chi connectivity index (χ0v) is 13.0. The van der Waals surface area contributed by atoms with Gasteiger partial charge in [-0.15, -0.1) is 0 Å². The molecule has 1 amide bonds. The number of benzene rings is 2. The van der Waals surface area contributed by atoms with Crippen LogP contribution in [0.1, 0.15) is 15.9 Å². The first kappa shape index (κ1) is 13.9. The van der Waals surface area contributed by atoms with E-state index in [-0.39, 0.29) is 5.91 Å². The fraction of sp³-hybridized carbons (Fsp3) is 0.118. The predicted molar refractivity (Wildman–Crippen MR) is 88.5 cm³/mol. The van der Waals surface area contributed by atoms with Crippen LogP contribution in [0.4, 0.5) is 0 Å². The number of aromatic amines is 1. The lowest BCUT2D eigenvalue weighted by atomic mass is 10.1. The van der Waals surface area contributed by atoms with E-state index in [1.807, 2.05) is 42.6 Å². The van der Waals surface area contributed by atoms with Crippen molar-refractivity contribution in [1.29, 1.82) is 0 Å². The van der Waals surface area contributed by atoms with Crippen LogP contribution in [0.3, 0.4) is 0 Å². The lowest BCUT2D eigenvalue weighted by molar-refractivity contribution is 0.0954. The van der Waals surface area contributed by atoms with Crippen LogP contribution in [0.5, 0.6) is 0 Å². The molecule has 4 heteroatoms. The smallest absolute Gasteiger partial charge is 0.251 e. The molecule has 0 aliphatic rings. The zero-order chi connectivity index (χ0) is 14.7. The number of hydrogen-bond acceptors (Lipinski definition) is 1. The first-order valence-corrected chi connectivity index (χ1v) is 7.61. The summed E-state index contributed by atoms with van der Waals surface area (Å²) in [5.41, 5.74) is 2.94. The Labute approximate surface area is 131 Å². The fourth-order valence-corrected chi connectivity index (χ4v) is 2.53. The Bertz CT molecular complexity index is 762. The molecule has 0 saturated carbocycles. The summed E-state index contributed by atoms with van der Waals surface area (Å²) in [6, 6.07) is 15.8. The van der Waals surface area contributed by atoms with Gasteiger partial charge in [-0.1, -0.05) is 28.1 Å². The number of carbonyl (C=O) groups excluding carboxylic acids is 1. The van der Waals surface area contributed by atoms with Gasteiger partial charge in [-0.3, -0.25) is 4.79 Å². The van der Waals surface area contributed by atoms with Crippen molar-refractivity contribution in [2.75, 3.05) is 6.54 Å². The number of halogens is 1. The lowest BCUT2D eigenvalue weighted by Crippen LogP contribution is -2.25. The molecule has 0 saturated heterocycles. The Balaban J connectivity index is 1.59. The van der Waals surface area contributed by atoms with Gasteiger partial charge < -0.3 is 10.3 Å². The van der Waals surface area contributed by atoms with E-state index in [0.29, 0.717) is 12.1 Å². The van der Waals surface area contributed by atoms with Gasteiger partial charge in [0, 0.05) is 33.7 Å². The van der Waals surface area contributed by atoms with Crippen molar-refractivity contribution >= 4 is 32.7 Å². The average molecular weight is 343 g/mol. The molecule has 3 rings (SSSR count). The molecule has 2 N–H and O–H groups in total. The minimum Gasteiger partial charge on any atom is -0.361 e. The van der Waals surface area contributed by atoms with Gasteiger partial charge in [-0.05, 0) is 48.4 Å². The second-order valence-electron chi connectivity index (χ2n) is 4.91. The molecule has 3 nitrogen and oxygen atoms in total. The fourth-order valence-electron chi connectivity index (χ4n) is 2.27. The summed E-state index contributed by atoms with van der Waals surface area (Å²) in [4.78, 5) is 15.2. The molecular weight excluding hydrogens is 328 g/mol. The summed E-state index contributed by atoms with van der Waals surface area (Å²) in [6.07, 6.45) is 2.70. The first-order valence-electron chi connectivity index (χ1n) is 6.82. The van der Waals surface area contributed by atoms with Gasteiger partial charge in [0.25, 0.3) is 5.91 Å². The van der Waals surface area contributed by atoms with Gasteiger partial charge in [-0.2, -0.15) is 0 Å². The molecule has 3 aromatic rings. The minimum absolute atomic E-state index is 0.0322. The van der Waals surface area contributed by atoms with Crippen LogP contribution in [-0.4, -0.2) is 17.4 Å². The van der Waals surface area contributed by atoms with E-state index in [0.717, 1.165) is 21.8 Å². The van der Waals surface area contributed by atoms with Crippen LogP contribution in [0.25, 0.3) is 10.9 Å². The predicted octanol–water partition coefficient (Wildman–Crippen LogP) is 3.90. The maximum Gasteiger partial charge on any atom is 0.251 e. The molecule has 1 aromatic heterocycles. The van der Waals surface area contributed by atoms with Crippen molar-refractivity contribution in [1.82, 2.24) is 10.3 Å². The molecule has 1 heterocycles. The molecule has 0 fully saturated rings. The summed E-state index contributed by atoms with van der Waals surface area (Å²) in [7, 11) is 0. The van der Waals surface area contributed by atoms with Crippen LogP contribution >= 0.6 is 15.9 Å². The molecule has 2 aromatic carbocycles. The van der Waals surface area contributed by atoms with E-state index in [1.54, 1.807) is 0 Å². The topological polar surface area (TPSA) is 44.9 Å². The number of aromatic nitrogens is 1. The quantitative estimate of drug-likeness (QED) is 0.741. The molecule has 0 atom stereocenters. The molecular formula is C17H15BrN2O. The lowest BCUT2D eigenvalue weighted by Gasteiger charge is -2.06. The summed E-state index contributed by atoms with van der Waals surface area (Å²) >= 11 is 3.41.